The third-order valence-corrected chi connectivity index (χ3v) is 4.18. The van der Waals surface area contributed by atoms with Gasteiger partial charge in [-0.25, -0.2) is 4.98 Å². The fourth-order valence-electron chi connectivity index (χ4n) is 3.29. The highest BCUT2D eigenvalue weighted by atomic mass is 15.0. The fourth-order valence-corrected chi connectivity index (χ4v) is 3.29. The molecule has 0 aliphatic rings. The van der Waals surface area contributed by atoms with Gasteiger partial charge in [-0.3, -0.25) is 4.40 Å². The van der Waals surface area contributed by atoms with Gasteiger partial charge in [-0.15, -0.1) is 0 Å². The van der Waals surface area contributed by atoms with Gasteiger partial charge >= 0.3 is 0 Å². The van der Waals surface area contributed by atoms with E-state index in [1.165, 1.54) is 27.1 Å². The third-order valence-electron chi connectivity index (χ3n) is 4.18. The molecule has 5 rings (SSSR count). The lowest BCUT2D eigenvalue weighted by molar-refractivity contribution is 1.23. The van der Waals surface area contributed by atoms with Gasteiger partial charge < -0.3 is 0 Å². The molecule has 2 aromatic heterocycles. The molecule has 0 fully saturated rings. The smallest absolute Gasteiger partial charge is 0.137 e. The van der Waals surface area contributed by atoms with Crippen molar-refractivity contribution >= 4 is 38.2 Å². The Morgan fingerprint density at radius 1 is 0.619 bits per heavy atom. The molecule has 5 aromatic rings. The van der Waals surface area contributed by atoms with E-state index >= 15 is 0 Å². The lowest BCUT2D eigenvalue weighted by Crippen LogP contribution is -1.85. The van der Waals surface area contributed by atoms with Gasteiger partial charge in [0.1, 0.15) is 5.65 Å². The monoisotopic (exact) mass is 268 g/mol. The Labute approximate surface area is 121 Å². The predicted molar refractivity (Wildman–Crippen MR) is 87.7 cm³/mol. The van der Waals surface area contributed by atoms with Crippen LogP contribution >= 0.6 is 0 Å². The first kappa shape index (κ1) is 10.9. The quantitative estimate of drug-likeness (QED) is 0.369. The van der Waals surface area contributed by atoms with Crippen LogP contribution in [0, 0.1) is 0 Å². The summed E-state index contributed by atoms with van der Waals surface area (Å²) in [6.45, 7) is 0. The van der Waals surface area contributed by atoms with Gasteiger partial charge in [-0.1, -0.05) is 54.6 Å². The number of aromatic nitrogens is 2. The number of hydrogen-bond acceptors (Lipinski definition) is 1. The van der Waals surface area contributed by atoms with Crippen molar-refractivity contribution in [3.8, 4) is 0 Å². The molecule has 21 heavy (non-hydrogen) atoms. The van der Waals surface area contributed by atoms with Crippen LogP contribution in [0.25, 0.3) is 38.2 Å². The highest BCUT2D eigenvalue weighted by Crippen LogP contribution is 2.34. The van der Waals surface area contributed by atoms with Gasteiger partial charge in [-0.05, 0) is 22.9 Å². The average molecular weight is 268 g/mol. The fraction of sp³-hybridized carbons (Fsp3) is 0. The predicted octanol–water partition coefficient (Wildman–Crippen LogP) is 4.79. The number of imidazole rings is 1. The van der Waals surface area contributed by atoms with Crippen LogP contribution in [-0.4, -0.2) is 9.38 Å². The van der Waals surface area contributed by atoms with Gasteiger partial charge in [0.15, 0.2) is 0 Å². The zero-order chi connectivity index (χ0) is 13.8. The summed E-state index contributed by atoms with van der Waals surface area (Å²) in [4.78, 5) is 4.86. The zero-order valence-corrected chi connectivity index (χ0v) is 11.3. The van der Waals surface area contributed by atoms with E-state index in [2.05, 4.69) is 71.3 Å². The van der Waals surface area contributed by atoms with E-state index < -0.39 is 0 Å². The molecule has 0 aliphatic carbocycles. The van der Waals surface area contributed by atoms with Gasteiger partial charge in [0.2, 0.25) is 0 Å². The molecule has 0 spiro atoms. The summed E-state index contributed by atoms with van der Waals surface area (Å²) in [5.41, 5.74) is 3.27. The second-order valence-corrected chi connectivity index (χ2v) is 5.33. The van der Waals surface area contributed by atoms with Crippen LogP contribution in [-0.2, 0) is 0 Å². The molecular formula is C19H12N2. The van der Waals surface area contributed by atoms with Gasteiger partial charge in [0.05, 0.1) is 11.0 Å². The van der Waals surface area contributed by atoms with Crippen LogP contribution in [0.3, 0.4) is 0 Å². The van der Waals surface area contributed by atoms with E-state index in [0.29, 0.717) is 0 Å². The first-order valence-electron chi connectivity index (χ1n) is 7.10. The Kier molecular flexibility index (Phi) is 1.98. The first-order valence-corrected chi connectivity index (χ1v) is 7.10. The van der Waals surface area contributed by atoms with Crippen molar-refractivity contribution < 1.29 is 0 Å². The van der Waals surface area contributed by atoms with Crippen molar-refractivity contribution in [1.29, 1.82) is 0 Å². The van der Waals surface area contributed by atoms with Crippen LogP contribution < -0.4 is 0 Å². The van der Waals surface area contributed by atoms with E-state index in [1.807, 2.05) is 6.07 Å². The van der Waals surface area contributed by atoms with E-state index in [4.69, 9.17) is 4.98 Å². The first-order chi connectivity index (χ1) is 10.4. The van der Waals surface area contributed by atoms with E-state index in [1.54, 1.807) is 0 Å². The summed E-state index contributed by atoms with van der Waals surface area (Å²) in [6, 6.07) is 23.2. The summed E-state index contributed by atoms with van der Waals surface area (Å²) in [6.07, 6.45) is 2.09. The molecule has 0 saturated heterocycles. The number of pyridine rings is 1. The summed E-state index contributed by atoms with van der Waals surface area (Å²) >= 11 is 0. The molecule has 0 N–H and O–H groups in total. The van der Waals surface area contributed by atoms with Crippen molar-refractivity contribution in [3.63, 3.8) is 0 Å². The topological polar surface area (TPSA) is 17.3 Å². The van der Waals surface area contributed by atoms with Crippen LogP contribution in [0.15, 0.2) is 72.9 Å². The van der Waals surface area contributed by atoms with Crippen molar-refractivity contribution in [2.24, 2.45) is 0 Å². The Morgan fingerprint density at radius 3 is 2.05 bits per heavy atom. The highest BCUT2D eigenvalue weighted by Gasteiger charge is 2.12. The molecule has 0 saturated carbocycles. The Hall–Kier alpha value is -2.87. The molecule has 2 heterocycles. The van der Waals surface area contributed by atoms with Crippen LogP contribution in [0.4, 0.5) is 0 Å². The lowest BCUT2D eigenvalue weighted by Gasteiger charge is -2.06. The van der Waals surface area contributed by atoms with Crippen molar-refractivity contribution in [2.75, 3.05) is 0 Å². The van der Waals surface area contributed by atoms with Crippen molar-refractivity contribution in [1.82, 2.24) is 9.38 Å². The summed E-state index contributed by atoms with van der Waals surface area (Å²) in [5.74, 6) is 0. The normalized spacial score (nSPS) is 11.8. The second kappa shape index (κ2) is 3.83. The third kappa shape index (κ3) is 1.34. The molecule has 0 atom stereocenters. The minimum absolute atomic E-state index is 0.994. The molecule has 2 heteroatoms. The lowest BCUT2D eigenvalue weighted by atomic mass is 10.00. The summed E-state index contributed by atoms with van der Waals surface area (Å²) in [5, 5.41) is 5.02. The van der Waals surface area contributed by atoms with Gasteiger partial charge in [0, 0.05) is 17.0 Å². The Balaban J connectivity index is 2.25. The minimum atomic E-state index is 0.994. The maximum Gasteiger partial charge on any atom is 0.137 e. The minimum Gasteiger partial charge on any atom is -0.299 e. The molecule has 0 unspecified atom stereocenters. The van der Waals surface area contributed by atoms with E-state index in [9.17, 15) is 0 Å². The van der Waals surface area contributed by atoms with E-state index in [-0.39, 0.29) is 0 Å². The molecular weight excluding hydrogens is 256 g/mol. The molecule has 0 aliphatic heterocycles. The molecule has 0 amide bonds. The molecule has 0 radical (unpaired) electrons. The maximum atomic E-state index is 4.86. The SMILES string of the molecule is c1ccc2c(c1)c1ccccc1c1c2nc2ccccn21. The van der Waals surface area contributed by atoms with Gasteiger partial charge in [0.25, 0.3) is 0 Å². The van der Waals surface area contributed by atoms with Gasteiger partial charge in [-0.2, -0.15) is 0 Å². The number of rotatable bonds is 0. The van der Waals surface area contributed by atoms with E-state index in [0.717, 1.165) is 11.2 Å². The molecule has 2 nitrogen and oxygen atoms in total. The summed E-state index contributed by atoms with van der Waals surface area (Å²) in [7, 11) is 0. The Bertz CT molecular complexity index is 1140. The van der Waals surface area contributed by atoms with Crippen LogP contribution in [0.5, 0.6) is 0 Å². The summed E-state index contributed by atoms with van der Waals surface area (Å²) < 4.78 is 2.18. The molecule has 98 valence electrons. The van der Waals surface area contributed by atoms with Crippen molar-refractivity contribution in [3.05, 3.63) is 72.9 Å². The maximum absolute atomic E-state index is 4.86. The van der Waals surface area contributed by atoms with Crippen molar-refractivity contribution in [2.45, 2.75) is 0 Å². The standard InChI is InChI=1S/C19H12N2/c1-3-9-15-13(7-1)14-8-2-4-10-16(14)19-18(15)20-17-11-5-6-12-21(17)19/h1-12H. The molecule has 3 aromatic carbocycles. The highest BCUT2D eigenvalue weighted by molar-refractivity contribution is 6.23. The number of fused-ring (bicyclic) bond motifs is 8. The Morgan fingerprint density at radius 2 is 1.24 bits per heavy atom. The molecule has 0 bridgehead atoms. The zero-order valence-electron chi connectivity index (χ0n) is 11.3. The second-order valence-electron chi connectivity index (χ2n) is 5.33. The number of hydrogen-bond donors (Lipinski definition) is 0. The average Bonchev–Trinajstić information content (AvgIpc) is 2.95. The number of nitrogens with zero attached hydrogens (tertiary/aromatic N) is 2. The van der Waals surface area contributed by atoms with Crippen LogP contribution in [0.2, 0.25) is 0 Å². The van der Waals surface area contributed by atoms with Crippen LogP contribution in [0.1, 0.15) is 0 Å². The number of benzene rings is 3. The largest absolute Gasteiger partial charge is 0.299 e.